The van der Waals surface area contributed by atoms with Gasteiger partial charge in [0, 0.05) is 24.9 Å². The standard InChI is InChI=1S/C34H49FN4O5/c1-34(2,3)31(37-30(41)16-10-8-6-4-5-7-9-13-21-36)33(43)39-23-25(40)22-29(39)32(42)38-44-26-19-17-24(18-20-26)27-14-11-12-15-28(27)35/h11-12,14-15,17-20,25,29,31,40H,4-10,13,16,21-23,36H2,1-3H3,(H,37,41)(H,38,42)/t25-,29+,31-/m1/s1. The van der Waals surface area contributed by atoms with Crippen LogP contribution in [0, 0.1) is 11.2 Å². The maximum atomic E-state index is 14.1. The molecule has 0 aromatic heterocycles. The second kappa shape index (κ2) is 17.1. The fourth-order valence-electron chi connectivity index (χ4n) is 5.42. The van der Waals surface area contributed by atoms with Crippen LogP contribution in [0.4, 0.5) is 4.39 Å². The number of nitrogens with zero attached hydrogens (tertiary/aromatic N) is 1. The summed E-state index contributed by atoms with van der Waals surface area (Å²) in [6.07, 6.45) is 7.97. The van der Waals surface area contributed by atoms with Crippen LogP contribution in [-0.2, 0) is 14.4 Å². The van der Waals surface area contributed by atoms with Crippen LogP contribution in [-0.4, -0.2) is 59.0 Å². The number of hydroxylamine groups is 1. The van der Waals surface area contributed by atoms with Crippen LogP contribution in [0.1, 0.15) is 85.0 Å². The van der Waals surface area contributed by atoms with Gasteiger partial charge in [-0.25, -0.2) is 4.39 Å². The van der Waals surface area contributed by atoms with E-state index in [0.717, 1.165) is 45.1 Å². The minimum absolute atomic E-state index is 0.0258. The molecule has 1 aliphatic rings. The summed E-state index contributed by atoms with van der Waals surface area (Å²) in [5, 5.41) is 13.3. The van der Waals surface area contributed by atoms with Crippen molar-refractivity contribution in [2.45, 2.75) is 103 Å². The topological polar surface area (TPSA) is 134 Å². The zero-order chi connectivity index (χ0) is 32.1. The van der Waals surface area contributed by atoms with Gasteiger partial charge in [0.05, 0.1) is 6.10 Å². The van der Waals surface area contributed by atoms with E-state index >= 15 is 0 Å². The molecular formula is C34H49FN4O5. The number of nitrogens with two attached hydrogens (primary N) is 1. The lowest BCUT2D eigenvalue weighted by Gasteiger charge is -2.35. The Bertz CT molecular complexity index is 1220. The monoisotopic (exact) mass is 612 g/mol. The molecule has 0 bridgehead atoms. The highest BCUT2D eigenvalue weighted by Crippen LogP contribution is 2.27. The van der Waals surface area contributed by atoms with Crippen LogP contribution < -0.4 is 21.4 Å². The lowest BCUT2D eigenvalue weighted by atomic mass is 9.85. The summed E-state index contributed by atoms with van der Waals surface area (Å²) in [6.45, 7) is 6.29. The molecule has 3 amide bonds. The predicted octanol–water partition coefficient (Wildman–Crippen LogP) is 4.87. The lowest BCUT2D eigenvalue weighted by Crippen LogP contribution is -2.58. The minimum Gasteiger partial charge on any atom is -0.391 e. The van der Waals surface area contributed by atoms with Gasteiger partial charge in [0.2, 0.25) is 11.8 Å². The van der Waals surface area contributed by atoms with E-state index in [9.17, 15) is 23.9 Å². The highest BCUT2D eigenvalue weighted by Gasteiger charge is 2.44. The van der Waals surface area contributed by atoms with E-state index in [0.29, 0.717) is 23.3 Å². The number of aliphatic hydroxyl groups is 1. The molecule has 2 aromatic rings. The minimum atomic E-state index is -0.971. The van der Waals surface area contributed by atoms with Gasteiger partial charge in [-0.3, -0.25) is 14.4 Å². The van der Waals surface area contributed by atoms with Crippen LogP contribution in [0.2, 0.25) is 0 Å². The van der Waals surface area contributed by atoms with E-state index in [1.165, 1.54) is 23.8 Å². The Morgan fingerprint density at radius 2 is 1.59 bits per heavy atom. The quantitative estimate of drug-likeness (QED) is 0.158. The average Bonchev–Trinajstić information content (AvgIpc) is 3.39. The first kappa shape index (κ1) is 35.0. The molecule has 1 heterocycles. The largest absolute Gasteiger partial charge is 0.391 e. The third kappa shape index (κ3) is 10.6. The molecule has 1 fully saturated rings. The van der Waals surface area contributed by atoms with Crippen molar-refractivity contribution in [3.05, 3.63) is 54.3 Å². The second-order valence-corrected chi connectivity index (χ2v) is 12.7. The average molecular weight is 613 g/mol. The van der Waals surface area contributed by atoms with E-state index in [1.54, 1.807) is 42.5 Å². The summed E-state index contributed by atoms with van der Waals surface area (Å²) < 4.78 is 14.1. The molecule has 0 unspecified atom stereocenters. The molecule has 44 heavy (non-hydrogen) atoms. The number of carbonyl (C=O) groups excluding carboxylic acids is 3. The molecule has 0 aliphatic carbocycles. The van der Waals surface area contributed by atoms with Crippen molar-refractivity contribution in [2.24, 2.45) is 11.1 Å². The Kier molecular flexibility index (Phi) is 13.6. The summed E-state index contributed by atoms with van der Waals surface area (Å²) >= 11 is 0. The number of likely N-dealkylation sites (tertiary alicyclic amines) is 1. The summed E-state index contributed by atoms with van der Waals surface area (Å²) in [5.74, 6) is -1.24. The molecule has 3 atom stereocenters. The highest BCUT2D eigenvalue weighted by molar-refractivity contribution is 5.93. The fourth-order valence-corrected chi connectivity index (χ4v) is 5.42. The normalized spacial score (nSPS) is 17.3. The van der Waals surface area contributed by atoms with Gasteiger partial charge in [-0.2, -0.15) is 5.48 Å². The van der Waals surface area contributed by atoms with E-state index in [2.05, 4.69) is 10.8 Å². The Labute approximate surface area is 260 Å². The van der Waals surface area contributed by atoms with Gasteiger partial charge >= 0.3 is 0 Å². The van der Waals surface area contributed by atoms with Gasteiger partial charge in [0.15, 0.2) is 5.75 Å². The van der Waals surface area contributed by atoms with Crippen LogP contribution in [0.3, 0.4) is 0 Å². The summed E-state index contributed by atoms with van der Waals surface area (Å²) in [6, 6.07) is 11.1. The SMILES string of the molecule is CC(C)(C)[C@H](NC(=O)CCCCCCCCCCN)C(=O)N1C[C@H](O)C[C@H]1C(=O)NOc1ccc(-c2ccccc2F)cc1. The van der Waals surface area contributed by atoms with E-state index in [4.69, 9.17) is 10.6 Å². The Morgan fingerprint density at radius 1 is 0.977 bits per heavy atom. The predicted molar refractivity (Wildman–Crippen MR) is 169 cm³/mol. The van der Waals surface area contributed by atoms with E-state index in [-0.39, 0.29) is 24.7 Å². The molecule has 0 radical (unpaired) electrons. The number of carbonyl (C=O) groups is 3. The second-order valence-electron chi connectivity index (χ2n) is 12.7. The molecule has 1 aliphatic heterocycles. The number of halogens is 1. The maximum Gasteiger partial charge on any atom is 0.275 e. The third-order valence-corrected chi connectivity index (χ3v) is 7.95. The van der Waals surface area contributed by atoms with Crippen LogP contribution in [0.15, 0.2) is 48.5 Å². The molecule has 10 heteroatoms. The van der Waals surface area contributed by atoms with Gasteiger partial charge in [-0.15, -0.1) is 0 Å². The number of aliphatic hydroxyl groups excluding tert-OH is 1. The van der Waals surface area contributed by atoms with Gasteiger partial charge in [-0.05, 0) is 48.6 Å². The van der Waals surface area contributed by atoms with Crippen molar-refractivity contribution >= 4 is 17.7 Å². The molecule has 1 saturated heterocycles. The van der Waals surface area contributed by atoms with E-state index < -0.39 is 35.4 Å². The van der Waals surface area contributed by atoms with Gasteiger partial charge in [-0.1, -0.05) is 89.6 Å². The number of hydrogen-bond acceptors (Lipinski definition) is 6. The molecular weight excluding hydrogens is 563 g/mol. The molecule has 2 aromatic carbocycles. The van der Waals surface area contributed by atoms with Crippen LogP contribution in [0.25, 0.3) is 11.1 Å². The maximum absolute atomic E-state index is 14.1. The third-order valence-electron chi connectivity index (χ3n) is 7.95. The van der Waals surface area contributed by atoms with Gasteiger partial charge in [0.25, 0.3) is 5.91 Å². The summed E-state index contributed by atoms with van der Waals surface area (Å²) in [5.41, 5.74) is 8.39. The molecule has 3 rings (SSSR count). The molecule has 0 spiro atoms. The number of benzene rings is 2. The number of amides is 3. The molecule has 0 saturated carbocycles. The first-order chi connectivity index (χ1) is 21.0. The fraction of sp³-hybridized carbons (Fsp3) is 0.559. The number of unbranched alkanes of at least 4 members (excludes halogenated alkanes) is 7. The van der Waals surface area contributed by atoms with Crippen molar-refractivity contribution in [3.63, 3.8) is 0 Å². The zero-order valence-electron chi connectivity index (χ0n) is 26.3. The van der Waals surface area contributed by atoms with Crippen molar-refractivity contribution in [1.29, 1.82) is 0 Å². The Hall–Kier alpha value is -3.50. The van der Waals surface area contributed by atoms with Gasteiger partial charge in [0.1, 0.15) is 17.9 Å². The van der Waals surface area contributed by atoms with Crippen LogP contribution >= 0.6 is 0 Å². The summed E-state index contributed by atoms with van der Waals surface area (Å²) in [4.78, 5) is 46.5. The van der Waals surface area contributed by atoms with Crippen molar-refractivity contribution in [3.8, 4) is 16.9 Å². The van der Waals surface area contributed by atoms with Crippen LogP contribution in [0.5, 0.6) is 5.75 Å². The highest BCUT2D eigenvalue weighted by atomic mass is 19.1. The number of nitrogens with one attached hydrogen (secondary N) is 2. The summed E-state index contributed by atoms with van der Waals surface area (Å²) in [7, 11) is 0. The first-order valence-electron chi connectivity index (χ1n) is 15.8. The number of β-amino-alcohol motifs (C(OH)–C–C–N with tert-alkyl or cyclic N) is 1. The Balaban J connectivity index is 1.53. The van der Waals surface area contributed by atoms with E-state index in [1.807, 2.05) is 20.8 Å². The molecule has 9 nitrogen and oxygen atoms in total. The Morgan fingerprint density at radius 3 is 2.20 bits per heavy atom. The lowest BCUT2D eigenvalue weighted by molar-refractivity contribution is -0.145. The number of hydrogen-bond donors (Lipinski definition) is 4. The van der Waals surface area contributed by atoms with Crippen molar-refractivity contribution in [2.75, 3.05) is 13.1 Å². The van der Waals surface area contributed by atoms with Gasteiger partial charge < -0.3 is 25.9 Å². The van der Waals surface area contributed by atoms with Crippen molar-refractivity contribution in [1.82, 2.24) is 15.7 Å². The molecule has 5 N–H and O–H groups in total. The number of rotatable bonds is 16. The zero-order valence-corrected chi connectivity index (χ0v) is 26.3. The van der Waals surface area contributed by atoms with Crippen molar-refractivity contribution < 1.29 is 28.7 Å². The smallest absolute Gasteiger partial charge is 0.275 e. The molecule has 242 valence electrons. The first-order valence-corrected chi connectivity index (χ1v) is 15.8.